The van der Waals surface area contributed by atoms with Crippen LogP contribution >= 0.6 is 12.2 Å². The number of nitrogens with one attached hydrogen (secondary N) is 1. The maximum Gasteiger partial charge on any atom is 0.209 e. The summed E-state index contributed by atoms with van der Waals surface area (Å²) in [6.45, 7) is 4.43. The molecule has 0 saturated carbocycles. The Morgan fingerprint density at radius 1 is 1.37 bits per heavy atom. The molecule has 1 aromatic rings. The number of halogens is 1. The second-order valence-corrected chi connectivity index (χ2v) is 4.91. The summed E-state index contributed by atoms with van der Waals surface area (Å²) < 4.78 is 13.4. The Morgan fingerprint density at radius 2 is 2.05 bits per heavy atom. The van der Waals surface area contributed by atoms with Gasteiger partial charge in [0.1, 0.15) is 5.82 Å². The Labute approximate surface area is 117 Å². The Kier molecular flexibility index (Phi) is 4.31. The van der Waals surface area contributed by atoms with Crippen LogP contribution in [0.25, 0.3) is 0 Å². The van der Waals surface area contributed by atoms with Gasteiger partial charge in [0.05, 0.1) is 0 Å². The summed E-state index contributed by atoms with van der Waals surface area (Å²) in [5.74, 6) is -0.251. The second-order valence-electron chi connectivity index (χ2n) is 4.52. The number of hydrogen-bond acceptors (Lipinski definition) is 2. The highest BCUT2D eigenvalue weighted by atomic mass is 32.1. The normalized spacial score (nSPS) is 15.3. The topological polar surface area (TPSA) is 35.6 Å². The molecule has 1 fully saturated rings. The van der Waals surface area contributed by atoms with Crippen LogP contribution in [0, 0.1) is 12.7 Å². The SMILES string of the molecule is Cc1ccc(NC(=S)N2CCN(C=O)CC2)cc1F. The average Bonchev–Trinajstić information content (AvgIpc) is 2.43. The molecule has 6 heteroatoms. The number of rotatable bonds is 2. The van der Waals surface area contributed by atoms with Crippen LogP contribution in [-0.4, -0.2) is 47.5 Å². The first kappa shape index (κ1) is 13.7. The molecule has 1 aromatic carbocycles. The summed E-state index contributed by atoms with van der Waals surface area (Å²) in [6, 6.07) is 4.94. The molecular weight excluding hydrogens is 265 g/mol. The van der Waals surface area contributed by atoms with Crippen molar-refractivity contribution in [3.05, 3.63) is 29.6 Å². The third kappa shape index (κ3) is 3.41. The predicted molar refractivity (Wildman–Crippen MR) is 76.6 cm³/mol. The third-order valence-corrected chi connectivity index (χ3v) is 3.53. The van der Waals surface area contributed by atoms with Crippen LogP contribution in [0.3, 0.4) is 0 Å². The van der Waals surface area contributed by atoms with E-state index >= 15 is 0 Å². The van der Waals surface area contributed by atoms with E-state index in [2.05, 4.69) is 5.32 Å². The van der Waals surface area contributed by atoms with Gasteiger partial charge in [-0.3, -0.25) is 4.79 Å². The number of anilines is 1. The maximum atomic E-state index is 13.4. The van der Waals surface area contributed by atoms with Gasteiger partial charge in [0.2, 0.25) is 6.41 Å². The van der Waals surface area contributed by atoms with Crippen molar-refractivity contribution >= 4 is 29.4 Å². The number of hydrogen-bond donors (Lipinski definition) is 1. The van der Waals surface area contributed by atoms with Gasteiger partial charge in [-0.1, -0.05) is 6.07 Å². The van der Waals surface area contributed by atoms with Crippen molar-refractivity contribution in [2.75, 3.05) is 31.5 Å². The summed E-state index contributed by atoms with van der Waals surface area (Å²) in [5.41, 5.74) is 1.25. The molecule has 19 heavy (non-hydrogen) atoms. The molecule has 0 bridgehead atoms. The number of aryl methyl sites for hydroxylation is 1. The van der Waals surface area contributed by atoms with E-state index in [4.69, 9.17) is 12.2 Å². The van der Waals surface area contributed by atoms with Crippen LogP contribution in [0.15, 0.2) is 18.2 Å². The highest BCUT2D eigenvalue weighted by Gasteiger charge is 2.17. The summed E-state index contributed by atoms with van der Waals surface area (Å²) in [5, 5.41) is 3.59. The van der Waals surface area contributed by atoms with E-state index in [1.807, 2.05) is 4.90 Å². The van der Waals surface area contributed by atoms with Crippen molar-refractivity contribution in [2.45, 2.75) is 6.92 Å². The van der Waals surface area contributed by atoms with Gasteiger partial charge >= 0.3 is 0 Å². The van der Waals surface area contributed by atoms with Crippen molar-refractivity contribution in [1.82, 2.24) is 9.80 Å². The smallest absolute Gasteiger partial charge is 0.209 e. The van der Waals surface area contributed by atoms with E-state index < -0.39 is 0 Å². The van der Waals surface area contributed by atoms with Gasteiger partial charge in [0, 0.05) is 31.9 Å². The van der Waals surface area contributed by atoms with Gasteiger partial charge in [0.15, 0.2) is 5.11 Å². The van der Waals surface area contributed by atoms with Gasteiger partial charge in [-0.25, -0.2) is 4.39 Å². The minimum absolute atomic E-state index is 0.251. The van der Waals surface area contributed by atoms with Gasteiger partial charge in [-0.2, -0.15) is 0 Å². The van der Waals surface area contributed by atoms with Gasteiger partial charge < -0.3 is 15.1 Å². The molecule has 0 radical (unpaired) electrons. The molecule has 1 N–H and O–H groups in total. The fourth-order valence-electron chi connectivity index (χ4n) is 1.90. The zero-order valence-corrected chi connectivity index (χ0v) is 11.5. The lowest BCUT2D eigenvalue weighted by molar-refractivity contribution is -0.119. The first-order chi connectivity index (χ1) is 9.10. The molecule has 1 heterocycles. The molecule has 102 valence electrons. The lowest BCUT2D eigenvalue weighted by atomic mass is 10.2. The van der Waals surface area contributed by atoms with Crippen molar-refractivity contribution in [2.24, 2.45) is 0 Å². The molecule has 1 saturated heterocycles. The quantitative estimate of drug-likeness (QED) is 0.660. The molecule has 0 spiro atoms. The number of benzene rings is 1. The van der Waals surface area contributed by atoms with Crippen LogP contribution in [-0.2, 0) is 4.79 Å². The zero-order chi connectivity index (χ0) is 13.8. The number of nitrogens with zero attached hydrogens (tertiary/aromatic N) is 2. The van der Waals surface area contributed by atoms with Crippen molar-refractivity contribution < 1.29 is 9.18 Å². The first-order valence-corrected chi connectivity index (χ1v) is 6.52. The fraction of sp³-hybridized carbons (Fsp3) is 0.385. The summed E-state index contributed by atoms with van der Waals surface area (Å²) in [6.07, 6.45) is 0.850. The van der Waals surface area contributed by atoms with E-state index in [1.54, 1.807) is 24.0 Å². The first-order valence-electron chi connectivity index (χ1n) is 6.11. The average molecular weight is 281 g/mol. The minimum Gasteiger partial charge on any atom is -0.345 e. The van der Waals surface area contributed by atoms with Crippen LogP contribution in [0.5, 0.6) is 0 Å². The molecule has 0 aromatic heterocycles. The predicted octanol–water partition coefficient (Wildman–Crippen LogP) is 1.60. The second kappa shape index (κ2) is 5.97. The monoisotopic (exact) mass is 281 g/mol. The highest BCUT2D eigenvalue weighted by molar-refractivity contribution is 7.80. The molecule has 1 amide bonds. The summed E-state index contributed by atoms with van der Waals surface area (Å²) >= 11 is 5.29. The zero-order valence-electron chi connectivity index (χ0n) is 10.7. The van der Waals surface area contributed by atoms with E-state index in [9.17, 15) is 9.18 Å². The molecule has 1 aliphatic heterocycles. The lowest BCUT2D eigenvalue weighted by Crippen LogP contribution is -2.49. The molecular formula is C13H16FN3OS. The Hall–Kier alpha value is -1.69. The maximum absolute atomic E-state index is 13.4. The van der Waals surface area contributed by atoms with Crippen molar-refractivity contribution in [3.63, 3.8) is 0 Å². The van der Waals surface area contributed by atoms with Gasteiger partial charge in [0.25, 0.3) is 0 Å². The standard InChI is InChI=1S/C13H16FN3OS/c1-10-2-3-11(8-12(10)14)15-13(19)17-6-4-16(9-18)5-7-17/h2-3,8-9H,4-7H2,1H3,(H,15,19). The van der Waals surface area contributed by atoms with Crippen molar-refractivity contribution in [3.8, 4) is 0 Å². The molecule has 0 unspecified atom stereocenters. The van der Waals surface area contributed by atoms with E-state index in [0.29, 0.717) is 42.5 Å². The van der Waals surface area contributed by atoms with Crippen molar-refractivity contribution in [1.29, 1.82) is 0 Å². The molecule has 1 aliphatic rings. The fourth-order valence-corrected chi connectivity index (χ4v) is 2.20. The largest absolute Gasteiger partial charge is 0.345 e. The number of amides is 1. The third-order valence-electron chi connectivity index (χ3n) is 3.17. The van der Waals surface area contributed by atoms with E-state index in [0.717, 1.165) is 6.41 Å². The number of piperazine rings is 1. The molecule has 0 aliphatic carbocycles. The van der Waals surface area contributed by atoms with E-state index in [-0.39, 0.29) is 5.82 Å². The minimum atomic E-state index is -0.251. The van der Waals surface area contributed by atoms with Gasteiger partial charge in [-0.15, -0.1) is 0 Å². The van der Waals surface area contributed by atoms with Crippen LogP contribution < -0.4 is 5.32 Å². The molecule has 2 rings (SSSR count). The Morgan fingerprint density at radius 3 is 2.63 bits per heavy atom. The number of thiocarbonyl (C=S) groups is 1. The van der Waals surface area contributed by atoms with E-state index in [1.165, 1.54) is 6.07 Å². The van der Waals surface area contributed by atoms with Crippen LogP contribution in [0.4, 0.5) is 10.1 Å². The van der Waals surface area contributed by atoms with Crippen LogP contribution in [0.1, 0.15) is 5.56 Å². The molecule has 4 nitrogen and oxygen atoms in total. The van der Waals surface area contributed by atoms with Crippen LogP contribution in [0.2, 0.25) is 0 Å². The Balaban J connectivity index is 1.94. The highest BCUT2D eigenvalue weighted by Crippen LogP contribution is 2.14. The number of carbonyl (C=O) groups is 1. The summed E-state index contributed by atoms with van der Waals surface area (Å²) in [4.78, 5) is 14.3. The lowest BCUT2D eigenvalue weighted by Gasteiger charge is -2.34. The van der Waals surface area contributed by atoms with Gasteiger partial charge in [-0.05, 0) is 36.8 Å². The Bertz CT molecular complexity index is 487. The molecule has 0 atom stereocenters. The summed E-state index contributed by atoms with van der Waals surface area (Å²) in [7, 11) is 0. The number of carbonyl (C=O) groups excluding carboxylic acids is 1.